The molecule has 1 amide bonds. The van der Waals surface area contributed by atoms with Crippen molar-refractivity contribution in [1.82, 2.24) is 19.0 Å². The number of nitrogens with one attached hydrogen (secondary N) is 1. The highest BCUT2D eigenvalue weighted by molar-refractivity contribution is 6.99. The number of ether oxygens (including phenoxy) is 1. The molecule has 3 rings (SSSR count). The Morgan fingerprint density at radius 1 is 1.36 bits per heavy atom. The predicted molar refractivity (Wildman–Crippen MR) is 93.2 cm³/mol. The molecule has 1 fully saturated rings. The molecule has 2 atom stereocenters. The number of rotatable bonds is 5. The molecular formula is C17H20N4O3S. The van der Waals surface area contributed by atoms with E-state index in [0.717, 1.165) is 17.3 Å². The standard InChI is InChI=1S/C17H20N4O3S/c1-11-3-5-12(6-4-11)9-21-10-13(7-15(21)17(23)24-2)19-16(22)14-8-18-25-20-14/h3-6,8,13,15H,7,9-10H2,1-2H3,(H,19,22)/t13-,15-/m0/s1. The van der Waals surface area contributed by atoms with E-state index in [4.69, 9.17) is 4.74 Å². The third kappa shape index (κ3) is 4.21. The Bertz CT molecular complexity index is 733. The normalized spacial score (nSPS) is 20.4. The number of methoxy groups -OCH3 is 1. The van der Waals surface area contributed by atoms with Gasteiger partial charge in [-0.2, -0.15) is 8.75 Å². The molecule has 0 spiro atoms. The number of nitrogens with zero attached hydrogens (tertiary/aromatic N) is 3. The first kappa shape index (κ1) is 17.5. The molecule has 1 aromatic carbocycles. The van der Waals surface area contributed by atoms with Gasteiger partial charge in [-0.25, -0.2) is 0 Å². The molecule has 7 nitrogen and oxygen atoms in total. The smallest absolute Gasteiger partial charge is 0.323 e. The largest absolute Gasteiger partial charge is 0.468 e. The molecule has 1 N–H and O–H groups in total. The van der Waals surface area contributed by atoms with E-state index in [0.29, 0.717) is 25.2 Å². The van der Waals surface area contributed by atoms with E-state index in [2.05, 4.69) is 26.2 Å². The number of carbonyl (C=O) groups is 2. The second-order valence-corrected chi connectivity index (χ2v) is 6.71. The van der Waals surface area contributed by atoms with Crippen LogP contribution in [0.4, 0.5) is 0 Å². The summed E-state index contributed by atoms with van der Waals surface area (Å²) in [5, 5.41) is 2.93. The molecule has 0 saturated carbocycles. The topological polar surface area (TPSA) is 84.4 Å². The highest BCUT2D eigenvalue weighted by Gasteiger charge is 2.38. The van der Waals surface area contributed by atoms with Gasteiger partial charge in [-0.05, 0) is 18.9 Å². The second-order valence-electron chi connectivity index (χ2n) is 6.15. The molecule has 0 bridgehead atoms. The van der Waals surface area contributed by atoms with Gasteiger partial charge in [0.2, 0.25) is 0 Å². The maximum Gasteiger partial charge on any atom is 0.323 e. The molecule has 0 radical (unpaired) electrons. The van der Waals surface area contributed by atoms with E-state index in [9.17, 15) is 9.59 Å². The van der Waals surface area contributed by atoms with Gasteiger partial charge in [-0.3, -0.25) is 14.5 Å². The fourth-order valence-electron chi connectivity index (χ4n) is 3.02. The first-order valence-corrected chi connectivity index (χ1v) is 8.75. The van der Waals surface area contributed by atoms with Gasteiger partial charge in [0, 0.05) is 19.1 Å². The number of hydrogen-bond acceptors (Lipinski definition) is 7. The average Bonchev–Trinajstić information content (AvgIpc) is 3.26. The third-order valence-electron chi connectivity index (χ3n) is 4.31. The van der Waals surface area contributed by atoms with Gasteiger partial charge in [0.05, 0.1) is 25.0 Å². The van der Waals surface area contributed by atoms with Crippen LogP contribution in [-0.4, -0.2) is 51.3 Å². The lowest BCUT2D eigenvalue weighted by Crippen LogP contribution is -2.37. The van der Waals surface area contributed by atoms with Crippen molar-refractivity contribution in [2.45, 2.75) is 32.0 Å². The summed E-state index contributed by atoms with van der Waals surface area (Å²) in [6.07, 6.45) is 1.96. The maximum atomic E-state index is 12.2. The van der Waals surface area contributed by atoms with Crippen LogP contribution in [0.1, 0.15) is 28.0 Å². The summed E-state index contributed by atoms with van der Waals surface area (Å²) in [6, 6.07) is 7.70. The summed E-state index contributed by atoms with van der Waals surface area (Å²) < 4.78 is 12.7. The second kappa shape index (κ2) is 7.71. The van der Waals surface area contributed by atoms with Crippen molar-refractivity contribution in [2.24, 2.45) is 0 Å². The number of carbonyl (C=O) groups excluding carboxylic acids is 2. The van der Waals surface area contributed by atoms with Crippen molar-refractivity contribution >= 4 is 23.6 Å². The number of hydrogen-bond donors (Lipinski definition) is 1. The maximum absolute atomic E-state index is 12.2. The minimum absolute atomic E-state index is 0.135. The van der Waals surface area contributed by atoms with Crippen LogP contribution in [0.25, 0.3) is 0 Å². The zero-order valence-corrected chi connectivity index (χ0v) is 15.0. The van der Waals surface area contributed by atoms with Crippen LogP contribution < -0.4 is 5.32 Å². The first-order valence-electron chi connectivity index (χ1n) is 8.02. The number of amides is 1. The van der Waals surface area contributed by atoms with Crippen molar-refractivity contribution in [3.8, 4) is 0 Å². The van der Waals surface area contributed by atoms with Crippen LogP contribution in [0.2, 0.25) is 0 Å². The SMILES string of the molecule is COC(=O)[C@@H]1C[C@H](NC(=O)c2cnsn2)CN1Cc1ccc(C)cc1. The molecule has 0 aliphatic carbocycles. The Hall–Kier alpha value is -2.32. The van der Waals surface area contributed by atoms with Gasteiger partial charge in [0.15, 0.2) is 5.69 Å². The van der Waals surface area contributed by atoms with Crippen LogP contribution in [0.5, 0.6) is 0 Å². The molecule has 8 heteroatoms. The highest BCUT2D eigenvalue weighted by atomic mass is 32.1. The Kier molecular flexibility index (Phi) is 5.40. The van der Waals surface area contributed by atoms with E-state index in [1.165, 1.54) is 18.9 Å². The van der Waals surface area contributed by atoms with Crippen molar-refractivity contribution in [3.05, 3.63) is 47.3 Å². The Morgan fingerprint density at radius 2 is 2.12 bits per heavy atom. The fraction of sp³-hybridized carbons (Fsp3) is 0.412. The number of aromatic nitrogens is 2. The zero-order valence-electron chi connectivity index (χ0n) is 14.1. The van der Waals surface area contributed by atoms with Crippen LogP contribution >= 0.6 is 11.7 Å². The Morgan fingerprint density at radius 3 is 2.76 bits per heavy atom. The van der Waals surface area contributed by atoms with Crippen molar-refractivity contribution in [3.63, 3.8) is 0 Å². The summed E-state index contributed by atoms with van der Waals surface area (Å²) in [7, 11) is 1.39. The molecule has 132 valence electrons. The van der Waals surface area contributed by atoms with E-state index < -0.39 is 0 Å². The molecule has 2 aromatic rings. The number of likely N-dealkylation sites (tertiary alicyclic amines) is 1. The molecule has 1 aliphatic rings. The number of benzene rings is 1. The van der Waals surface area contributed by atoms with Crippen molar-refractivity contribution < 1.29 is 14.3 Å². The van der Waals surface area contributed by atoms with Crippen LogP contribution in [0.3, 0.4) is 0 Å². The first-order chi connectivity index (χ1) is 12.1. The van der Waals surface area contributed by atoms with Crippen LogP contribution in [0.15, 0.2) is 30.5 Å². The van der Waals surface area contributed by atoms with E-state index >= 15 is 0 Å². The number of aryl methyl sites for hydroxylation is 1. The summed E-state index contributed by atoms with van der Waals surface area (Å²) in [5.41, 5.74) is 2.61. The molecule has 25 heavy (non-hydrogen) atoms. The number of esters is 1. The summed E-state index contributed by atoms with van der Waals surface area (Å²) in [4.78, 5) is 26.3. The van der Waals surface area contributed by atoms with Gasteiger partial charge in [0.25, 0.3) is 5.91 Å². The van der Waals surface area contributed by atoms with E-state index in [1.54, 1.807) is 0 Å². The minimum atomic E-state index is -0.370. The van der Waals surface area contributed by atoms with E-state index in [1.807, 2.05) is 24.0 Å². The summed E-state index contributed by atoms with van der Waals surface area (Å²) in [6.45, 7) is 3.25. The quantitative estimate of drug-likeness (QED) is 0.811. The summed E-state index contributed by atoms with van der Waals surface area (Å²) >= 11 is 0.993. The van der Waals surface area contributed by atoms with Crippen molar-refractivity contribution in [1.29, 1.82) is 0 Å². The van der Waals surface area contributed by atoms with Crippen LogP contribution in [0, 0.1) is 6.92 Å². The van der Waals surface area contributed by atoms with E-state index in [-0.39, 0.29) is 24.0 Å². The lowest BCUT2D eigenvalue weighted by atomic mass is 10.1. The molecule has 1 aromatic heterocycles. The van der Waals surface area contributed by atoms with Gasteiger partial charge >= 0.3 is 5.97 Å². The molecule has 2 heterocycles. The molecule has 1 saturated heterocycles. The van der Waals surface area contributed by atoms with Gasteiger partial charge in [0.1, 0.15) is 6.04 Å². The minimum Gasteiger partial charge on any atom is -0.468 e. The third-order valence-corrected chi connectivity index (χ3v) is 4.79. The predicted octanol–water partition coefficient (Wildman–Crippen LogP) is 1.39. The zero-order chi connectivity index (χ0) is 17.8. The highest BCUT2D eigenvalue weighted by Crippen LogP contribution is 2.22. The summed E-state index contributed by atoms with van der Waals surface area (Å²) in [5.74, 6) is -0.543. The lowest BCUT2D eigenvalue weighted by Gasteiger charge is -2.22. The lowest BCUT2D eigenvalue weighted by molar-refractivity contribution is -0.146. The van der Waals surface area contributed by atoms with Crippen molar-refractivity contribution in [2.75, 3.05) is 13.7 Å². The Balaban J connectivity index is 1.68. The van der Waals surface area contributed by atoms with Gasteiger partial charge in [-0.15, -0.1) is 0 Å². The Labute approximate surface area is 150 Å². The molecular weight excluding hydrogens is 340 g/mol. The molecule has 0 unspecified atom stereocenters. The fourth-order valence-corrected chi connectivity index (χ4v) is 3.43. The molecule has 1 aliphatic heterocycles. The van der Waals surface area contributed by atoms with Gasteiger partial charge in [-0.1, -0.05) is 29.8 Å². The van der Waals surface area contributed by atoms with Gasteiger partial charge < -0.3 is 10.1 Å². The monoisotopic (exact) mass is 360 g/mol. The van der Waals surface area contributed by atoms with Crippen LogP contribution in [-0.2, 0) is 16.1 Å². The average molecular weight is 360 g/mol.